The molecule has 8 nitrogen and oxygen atoms in total. The third-order valence-corrected chi connectivity index (χ3v) is 4.31. The molecule has 0 spiro atoms. The summed E-state index contributed by atoms with van der Waals surface area (Å²) in [5.41, 5.74) is 0.841. The highest BCUT2D eigenvalue weighted by Gasteiger charge is 2.10. The number of nitrogens with zero attached hydrogens (tertiary/aromatic N) is 3. The summed E-state index contributed by atoms with van der Waals surface area (Å²) in [6.07, 6.45) is 2.60. The van der Waals surface area contributed by atoms with E-state index >= 15 is 0 Å². The topological polar surface area (TPSA) is 84.2 Å². The van der Waals surface area contributed by atoms with Crippen molar-refractivity contribution in [2.75, 3.05) is 20.8 Å². The second kappa shape index (κ2) is 10.8. The molecule has 2 aromatic carbocycles. The summed E-state index contributed by atoms with van der Waals surface area (Å²) in [4.78, 5) is 16.3. The van der Waals surface area contributed by atoms with E-state index in [0.29, 0.717) is 29.3 Å². The van der Waals surface area contributed by atoms with Gasteiger partial charge in [-0.25, -0.2) is 9.48 Å². The summed E-state index contributed by atoms with van der Waals surface area (Å²) < 4.78 is 23.2. The first kappa shape index (κ1) is 21.9. The molecule has 0 saturated carbocycles. The summed E-state index contributed by atoms with van der Waals surface area (Å²) in [7, 11) is 3.04. The number of methoxy groups -OCH3 is 2. The van der Waals surface area contributed by atoms with Gasteiger partial charge in [0.05, 0.1) is 38.1 Å². The quantitative estimate of drug-likeness (QED) is 0.506. The Morgan fingerprint density at radius 2 is 1.81 bits per heavy atom. The number of carbonyl (C=O) groups is 1. The number of aromatic nitrogens is 2. The van der Waals surface area contributed by atoms with E-state index in [1.54, 1.807) is 28.9 Å². The predicted octanol–water partition coefficient (Wildman–Crippen LogP) is 4.17. The molecule has 8 heteroatoms. The number of amides is 1. The third kappa shape index (κ3) is 5.85. The molecule has 1 heterocycles. The Labute approximate surface area is 180 Å². The Morgan fingerprint density at radius 3 is 2.52 bits per heavy atom. The van der Waals surface area contributed by atoms with Crippen LogP contribution in [0.2, 0.25) is 0 Å². The maximum atomic E-state index is 12.3. The van der Waals surface area contributed by atoms with Crippen molar-refractivity contribution >= 4 is 6.09 Å². The van der Waals surface area contributed by atoms with Crippen LogP contribution in [-0.2, 0) is 0 Å². The average molecular weight is 423 g/mol. The van der Waals surface area contributed by atoms with E-state index in [1.807, 2.05) is 30.3 Å². The van der Waals surface area contributed by atoms with Gasteiger partial charge in [0.1, 0.15) is 5.75 Å². The van der Waals surface area contributed by atoms with Crippen LogP contribution in [0.15, 0.2) is 65.8 Å². The van der Waals surface area contributed by atoms with Crippen LogP contribution in [0, 0.1) is 0 Å². The molecule has 0 aliphatic carbocycles. The zero-order valence-corrected chi connectivity index (χ0v) is 17.8. The summed E-state index contributed by atoms with van der Waals surface area (Å²) in [6.45, 7) is 2.62. The predicted molar refractivity (Wildman–Crippen MR) is 115 cm³/mol. The fraction of sp³-hybridized carbons (Fsp3) is 0.261. The van der Waals surface area contributed by atoms with Gasteiger partial charge in [0.25, 0.3) is 0 Å². The number of unbranched alkanes of at least 4 members (excludes halogenated alkanes) is 1. The lowest BCUT2D eigenvalue weighted by atomic mass is 10.3. The van der Waals surface area contributed by atoms with Crippen molar-refractivity contribution in [3.8, 4) is 28.8 Å². The fourth-order valence-electron chi connectivity index (χ4n) is 2.76. The molecule has 0 radical (unpaired) electrons. The van der Waals surface area contributed by atoms with Crippen molar-refractivity contribution in [2.24, 2.45) is 4.99 Å². The lowest BCUT2D eigenvalue weighted by Crippen LogP contribution is -2.16. The number of hydrogen-bond donors (Lipinski definition) is 0. The number of hydrogen-bond acceptors (Lipinski definition) is 6. The zero-order valence-electron chi connectivity index (χ0n) is 17.8. The highest BCUT2D eigenvalue weighted by molar-refractivity contribution is 5.71. The van der Waals surface area contributed by atoms with Crippen LogP contribution in [0.5, 0.6) is 23.1 Å². The van der Waals surface area contributed by atoms with E-state index in [4.69, 9.17) is 18.9 Å². The van der Waals surface area contributed by atoms with Gasteiger partial charge in [0.15, 0.2) is 11.5 Å². The smallest absolute Gasteiger partial charge is 0.439 e. The van der Waals surface area contributed by atoms with Crippen LogP contribution < -0.4 is 24.3 Å². The summed E-state index contributed by atoms with van der Waals surface area (Å²) in [5, 5.41) is 4.71. The fourth-order valence-corrected chi connectivity index (χ4v) is 2.76. The van der Waals surface area contributed by atoms with E-state index in [1.165, 1.54) is 20.4 Å². The zero-order chi connectivity index (χ0) is 22.1. The molecule has 162 valence electrons. The van der Waals surface area contributed by atoms with Gasteiger partial charge in [-0.3, -0.25) is 0 Å². The minimum absolute atomic E-state index is 0.286. The summed E-state index contributed by atoms with van der Waals surface area (Å²) >= 11 is 0. The maximum Gasteiger partial charge on any atom is 0.439 e. The van der Waals surface area contributed by atoms with E-state index in [-0.39, 0.29) is 5.75 Å². The van der Waals surface area contributed by atoms with Gasteiger partial charge < -0.3 is 18.9 Å². The van der Waals surface area contributed by atoms with Gasteiger partial charge in [0, 0.05) is 12.1 Å². The molecule has 0 aliphatic heterocycles. The van der Waals surface area contributed by atoms with Crippen LogP contribution in [0.3, 0.4) is 0 Å². The van der Waals surface area contributed by atoms with Gasteiger partial charge in [-0.15, -0.1) is 0 Å². The Morgan fingerprint density at radius 1 is 1.03 bits per heavy atom. The van der Waals surface area contributed by atoms with Gasteiger partial charge in [-0.05, 0) is 30.7 Å². The second-order valence-corrected chi connectivity index (χ2v) is 6.50. The van der Waals surface area contributed by atoms with Gasteiger partial charge >= 0.3 is 6.09 Å². The summed E-state index contributed by atoms with van der Waals surface area (Å²) in [6, 6.07) is 16.1. The lowest BCUT2D eigenvalue weighted by molar-refractivity contribution is 0.210. The highest BCUT2D eigenvalue weighted by atomic mass is 16.6. The number of rotatable bonds is 8. The van der Waals surface area contributed by atoms with Crippen molar-refractivity contribution in [3.63, 3.8) is 0 Å². The molecule has 0 fully saturated rings. The molecule has 3 aromatic rings. The highest BCUT2D eigenvalue weighted by Crippen LogP contribution is 2.31. The molecule has 0 aliphatic rings. The average Bonchev–Trinajstić information content (AvgIpc) is 2.80. The van der Waals surface area contributed by atoms with Crippen molar-refractivity contribution in [1.82, 2.24) is 9.78 Å². The van der Waals surface area contributed by atoms with E-state index in [0.717, 1.165) is 18.5 Å². The molecule has 0 unspecified atom stereocenters. The standard InChI is InChI=1S/C23H25N3O5/c1-4-5-13-30-22-14-17(16-24-26(22)18-9-7-6-8-10-18)25-23(27)31-19-11-12-20(28-2)21(15-19)29-3/h6-12,14-16H,4-5,13H2,1-3H3. The van der Waals surface area contributed by atoms with Crippen molar-refractivity contribution in [2.45, 2.75) is 19.8 Å². The first-order chi connectivity index (χ1) is 15.1. The van der Waals surface area contributed by atoms with E-state index in [2.05, 4.69) is 17.0 Å². The molecular formula is C23H25N3O5. The Balaban J connectivity index is 1.85. The molecule has 1 aromatic heterocycles. The molecule has 0 saturated heterocycles. The molecule has 0 atom stereocenters. The van der Waals surface area contributed by atoms with Gasteiger partial charge in [-0.2, -0.15) is 10.1 Å². The van der Waals surface area contributed by atoms with Crippen LogP contribution in [0.4, 0.5) is 4.79 Å². The first-order valence-electron chi connectivity index (χ1n) is 9.90. The van der Waals surface area contributed by atoms with Crippen molar-refractivity contribution in [3.05, 3.63) is 66.2 Å². The number of carbonyl (C=O) groups excluding carboxylic acids is 1. The lowest BCUT2D eigenvalue weighted by Gasteiger charge is -2.13. The normalized spacial score (nSPS) is 11.1. The monoisotopic (exact) mass is 423 g/mol. The Bertz CT molecular complexity index is 1080. The van der Waals surface area contributed by atoms with E-state index in [9.17, 15) is 4.79 Å². The number of benzene rings is 2. The minimum Gasteiger partial charge on any atom is -0.493 e. The largest absolute Gasteiger partial charge is 0.493 e. The second-order valence-electron chi connectivity index (χ2n) is 6.50. The van der Waals surface area contributed by atoms with Gasteiger partial charge in [-0.1, -0.05) is 31.5 Å². The van der Waals surface area contributed by atoms with Crippen LogP contribution in [-0.4, -0.2) is 36.7 Å². The molecule has 0 N–H and O–H groups in total. The molecule has 3 rings (SSSR count). The molecule has 1 amide bonds. The number of ether oxygens (including phenoxy) is 4. The molecular weight excluding hydrogens is 398 g/mol. The van der Waals surface area contributed by atoms with Crippen LogP contribution >= 0.6 is 0 Å². The third-order valence-electron chi connectivity index (χ3n) is 4.31. The Kier molecular flexibility index (Phi) is 7.64. The first-order valence-corrected chi connectivity index (χ1v) is 9.90. The van der Waals surface area contributed by atoms with Gasteiger partial charge in [0.2, 0.25) is 5.88 Å². The van der Waals surface area contributed by atoms with Crippen LogP contribution in [0.1, 0.15) is 19.8 Å². The summed E-state index contributed by atoms with van der Waals surface area (Å²) in [5.74, 6) is 1.75. The van der Waals surface area contributed by atoms with Crippen molar-refractivity contribution in [1.29, 1.82) is 0 Å². The molecule has 0 bridgehead atoms. The maximum absolute atomic E-state index is 12.3. The van der Waals surface area contributed by atoms with Crippen LogP contribution in [0.25, 0.3) is 5.69 Å². The molecule has 31 heavy (non-hydrogen) atoms. The van der Waals surface area contributed by atoms with E-state index < -0.39 is 6.09 Å². The number of para-hydroxylation sites is 1. The minimum atomic E-state index is -0.786. The SMILES string of the molecule is CCCCOc1cc(=NC(=O)Oc2ccc(OC)c(OC)c2)cnn1-c1ccccc1. The Hall–Kier alpha value is -3.81. The van der Waals surface area contributed by atoms with Crippen molar-refractivity contribution < 1.29 is 23.7 Å².